The normalized spacial score (nSPS) is 9.09. The summed E-state index contributed by atoms with van der Waals surface area (Å²) in [7, 11) is 0. The molecule has 0 N–H and O–H groups in total. The number of thiol groups is 1. The van der Waals surface area contributed by atoms with Gasteiger partial charge in [-0.2, -0.15) is 5.26 Å². The topological polar surface area (TPSA) is 23.8 Å². The summed E-state index contributed by atoms with van der Waals surface area (Å²) in [6, 6.07) is 10.4. The van der Waals surface area contributed by atoms with Crippen molar-refractivity contribution in [2.24, 2.45) is 0 Å². The number of hydrogen-bond acceptors (Lipinski definition) is 1. The van der Waals surface area contributed by atoms with E-state index in [1.165, 1.54) is 10.5 Å². The molecule has 0 unspecified atom stereocenters. The van der Waals surface area contributed by atoms with Crippen molar-refractivity contribution in [3.8, 4) is 6.07 Å². The molecular formula is C9H10NS+. The summed E-state index contributed by atoms with van der Waals surface area (Å²) in [5.74, 6) is 0.586. The lowest BCUT2D eigenvalue weighted by molar-refractivity contribution is 1.37. The van der Waals surface area contributed by atoms with Crippen LogP contribution in [0, 0.1) is 18.3 Å². The SMILES string of the molecule is Cc1ccc([SH+]CC#N)cc1. The van der Waals surface area contributed by atoms with E-state index in [1.807, 2.05) is 0 Å². The highest BCUT2D eigenvalue weighted by molar-refractivity contribution is 7.78. The van der Waals surface area contributed by atoms with Crippen LogP contribution in [0.4, 0.5) is 0 Å². The van der Waals surface area contributed by atoms with E-state index < -0.39 is 0 Å². The van der Waals surface area contributed by atoms with Gasteiger partial charge in [-0.15, -0.1) is 0 Å². The zero-order valence-corrected chi connectivity index (χ0v) is 7.31. The monoisotopic (exact) mass is 164 g/mol. The summed E-state index contributed by atoms with van der Waals surface area (Å²) >= 11 is 1.10. The third-order valence-electron chi connectivity index (χ3n) is 1.37. The molecule has 1 aromatic rings. The first-order chi connectivity index (χ1) is 5.33. The average Bonchev–Trinajstić information content (AvgIpc) is 2.04. The Kier molecular flexibility index (Phi) is 3.00. The maximum Gasteiger partial charge on any atom is 0.196 e. The largest absolute Gasteiger partial charge is 0.196 e. The van der Waals surface area contributed by atoms with Gasteiger partial charge in [-0.1, -0.05) is 17.7 Å². The molecule has 1 rings (SSSR count). The van der Waals surface area contributed by atoms with Crippen LogP contribution in [0.2, 0.25) is 0 Å². The summed E-state index contributed by atoms with van der Waals surface area (Å²) in [5, 5.41) is 8.33. The molecule has 11 heavy (non-hydrogen) atoms. The second-order valence-electron chi connectivity index (χ2n) is 2.31. The molecule has 1 aromatic carbocycles. The number of nitriles is 1. The fourth-order valence-corrected chi connectivity index (χ4v) is 1.39. The number of rotatable bonds is 2. The lowest BCUT2D eigenvalue weighted by atomic mass is 10.2. The third kappa shape index (κ3) is 2.65. The second-order valence-corrected chi connectivity index (χ2v) is 3.46. The fraction of sp³-hybridized carbons (Fsp3) is 0.222. The molecular weight excluding hydrogens is 154 g/mol. The van der Waals surface area contributed by atoms with Gasteiger partial charge in [0.15, 0.2) is 10.6 Å². The molecule has 0 aliphatic rings. The lowest BCUT2D eigenvalue weighted by Crippen LogP contribution is -1.85. The van der Waals surface area contributed by atoms with Gasteiger partial charge in [-0.25, -0.2) is 0 Å². The summed E-state index contributed by atoms with van der Waals surface area (Å²) in [5.41, 5.74) is 1.26. The molecule has 0 bridgehead atoms. The Morgan fingerprint density at radius 2 is 2.00 bits per heavy atom. The number of nitrogens with zero attached hydrogens (tertiary/aromatic N) is 1. The molecule has 0 amide bonds. The number of benzene rings is 1. The third-order valence-corrected chi connectivity index (χ3v) is 2.33. The van der Waals surface area contributed by atoms with Crippen LogP contribution in [0.3, 0.4) is 0 Å². The number of hydrogen-bond donors (Lipinski definition) is 0. The summed E-state index contributed by atoms with van der Waals surface area (Å²) in [4.78, 5) is 1.22. The van der Waals surface area contributed by atoms with Crippen molar-refractivity contribution in [2.45, 2.75) is 11.8 Å². The Balaban J connectivity index is 2.60. The standard InChI is InChI=1S/C9H9NS/c1-8-2-4-9(5-3-8)11-7-6-10/h2-5H,7H2,1H3/p+1. The van der Waals surface area contributed by atoms with Gasteiger partial charge in [0, 0.05) is 11.8 Å². The van der Waals surface area contributed by atoms with Crippen molar-refractivity contribution in [1.82, 2.24) is 0 Å². The molecule has 0 saturated heterocycles. The van der Waals surface area contributed by atoms with Gasteiger partial charge in [-0.3, -0.25) is 0 Å². The smallest absolute Gasteiger partial charge is 0.193 e. The zero-order chi connectivity index (χ0) is 8.10. The van der Waals surface area contributed by atoms with Gasteiger partial charge >= 0.3 is 0 Å². The Labute approximate surface area is 71.0 Å². The van der Waals surface area contributed by atoms with Crippen LogP contribution in [0.15, 0.2) is 29.2 Å². The molecule has 2 heteroatoms. The van der Waals surface area contributed by atoms with Gasteiger partial charge in [-0.05, 0) is 19.1 Å². The maximum absolute atomic E-state index is 8.33. The maximum atomic E-state index is 8.33. The fourth-order valence-electron chi connectivity index (χ4n) is 0.777. The van der Waals surface area contributed by atoms with Crippen molar-refractivity contribution >= 4 is 11.8 Å². The van der Waals surface area contributed by atoms with Crippen LogP contribution >= 0.6 is 0 Å². The zero-order valence-electron chi connectivity index (χ0n) is 6.41. The molecule has 0 aliphatic heterocycles. The highest BCUT2D eigenvalue weighted by atomic mass is 32.2. The molecule has 56 valence electrons. The van der Waals surface area contributed by atoms with Gasteiger partial charge in [0.2, 0.25) is 0 Å². The van der Waals surface area contributed by atoms with E-state index in [2.05, 4.69) is 37.3 Å². The minimum absolute atomic E-state index is 0.586. The van der Waals surface area contributed by atoms with Crippen LogP contribution in [0.5, 0.6) is 0 Å². The molecule has 0 aliphatic carbocycles. The van der Waals surface area contributed by atoms with Crippen LogP contribution in [0.1, 0.15) is 5.56 Å². The van der Waals surface area contributed by atoms with E-state index in [4.69, 9.17) is 5.26 Å². The highest BCUT2D eigenvalue weighted by Gasteiger charge is 1.99. The molecule has 0 aromatic heterocycles. The summed E-state index contributed by atoms with van der Waals surface area (Å²) in [6.07, 6.45) is 0. The Hall–Kier alpha value is -0.940. The van der Waals surface area contributed by atoms with Crippen molar-refractivity contribution < 1.29 is 0 Å². The van der Waals surface area contributed by atoms with E-state index in [0.29, 0.717) is 5.75 Å². The van der Waals surface area contributed by atoms with E-state index in [0.717, 1.165) is 11.8 Å². The van der Waals surface area contributed by atoms with E-state index in [1.54, 1.807) is 0 Å². The summed E-state index contributed by atoms with van der Waals surface area (Å²) in [6.45, 7) is 2.06. The van der Waals surface area contributed by atoms with Crippen LogP contribution in [0.25, 0.3) is 0 Å². The van der Waals surface area contributed by atoms with Crippen LogP contribution < -0.4 is 0 Å². The van der Waals surface area contributed by atoms with Gasteiger partial charge in [0.05, 0.1) is 0 Å². The second kappa shape index (κ2) is 4.05. The predicted molar refractivity (Wildman–Crippen MR) is 48.7 cm³/mol. The molecule has 0 fully saturated rings. The quantitative estimate of drug-likeness (QED) is 0.482. The lowest BCUT2D eigenvalue weighted by Gasteiger charge is -1.89. The molecule has 0 atom stereocenters. The molecule has 0 saturated carbocycles. The van der Waals surface area contributed by atoms with Gasteiger partial charge < -0.3 is 0 Å². The predicted octanol–water partition coefficient (Wildman–Crippen LogP) is 1.69. The molecule has 0 spiro atoms. The van der Waals surface area contributed by atoms with Crippen molar-refractivity contribution in [3.63, 3.8) is 0 Å². The van der Waals surface area contributed by atoms with Crippen molar-refractivity contribution in [3.05, 3.63) is 29.8 Å². The first-order valence-electron chi connectivity index (χ1n) is 3.44. The molecule has 0 heterocycles. The Morgan fingerprint density at radius 1 is 1.36 bits per heavy atom. The highest BCUT2D eigenvalue weighted by Crippen LogP contribution is 2.04. The Bertz CT molecular complexity index is 258. The first kappa shape index (κ1) is 8.16. The summed E-state index contributed by atoms with van der Waals surface area (Å²) < 4.78 is 0. The molecule has 0 radical (unpaired) electrons. The molecule has 1 nitrogen and oxygen atoms in total. The Morgan fingerprint density at radius 3 is 2.55 bits per heavy atom. The minimum Gasteiger partial charge on any atom is -0.193 e. The van der Waals surface area contributed by atoms with E-state index >= 15 is 0 Å². The van der Waals surface area contributed by atoms with Crippen molar-refractivity contribution in [2.75, 3.05) is 5.75 Å². The van der Waals surface area contributed by atoms with Crippen LogP contribution in [-0.2, 0) is 11.8 Å². The van der Waals surface area contributed by atoms with E-state index in [-0.39, 0.29) is 0 Å². The van der Waals surface area contributed by atoms with Crippen LogP contribution in [-0.4, -0.2) is 5.75 Å². The van der Waals surface area contributed by atoms with Gasteiger partial charge in [0.1, 0.15) is 6.07 Å². The van der Waals surface area contributed by atoms with Crippen molar-refractivity contribution in [1.29, 1.82) is 5.26 Å². The van der Waals surface area contributed by atoms with E-state index in [9.17, 15) is 0 Å². The minimum atomic E-state index is 0.586. The van der Waals surface area contributed by atoms with Gasteiger partial charge in [0.25, 0.3) is 0 Å². The average molecular weight is 164 g/mol. The number of aryl methyl sites for hydroxylation is 1. The first-order valence-corrected chi connectivity index (χ1v) is 4.52.